The predicted molar refractivity (Wildman–Crippen MR) is 47.3 cm³/mol. The Hall–Kier alpha value is -1.27. The van der Waals surface area contributed by atoms with Gasteiger partial charge in [0, 0.05) is 5.56 Å². The van der Waals surface area contributed by atoms with Gasteiger partial charge in [-0.05, 0) is 6.07 Å². The maximum Gasteiger partial charge on any atom is 0.149 e. The van der Waals surface area contributed by atoms with Crippen molar-refractivity contribution >= 4 is 11.6 Å². The number of benzene rings is 1. The van der Waals surface area contributed by atoms with E-state index in [4.69, 9.17) is 21.6 Å². The third-order valence-electron chi connectivity index (χ3n) is 1.62. The lowest BCUT2D eigenvalue weighted by Gasteiger charge is -2.05. The summed E-state index contributed by atoms with van der Waals surface area (Å²) in [6, 6.07) is 4.88. The highest BCUT2D eigenvalue weighted by molar-refractivity contribution is 6.32. The third kappa shape index (κ3) is 1.90. The topological polar surface area (TPSA) is 33.0 Å². The van der Waals surface area contributed by atoms with E-state index in [1.54, 1.807) is 0 Å². The van der Waals surface area contributed by atoms with Crippen LogP contribution < -0.4 is 4.74 Å². The molecule has 0 amide bonds. The number of hydrogen-bond acceptors (Lipinski definition) is 2. The fourth-order valence-electron chi connectivity index (χ4n) is 0.951. The van der Waals surface area contributed by atoms with Crippen LogP contribution in [0.3, 0.4) is 0 Å². The summed E-state index contributed by atoms with van der Waals surface area (Å²) in [6.07, 6.45) is 0.00947. The van der Waals surface area contributed by atoms with Gasteiger partial charge < -0.3 is 4.74 Å². The molecule has 1 rings (SSSR count). The van der Waals surface area contributed by atoms with Crippen molar-refractivity contribution < 1.29 is 9.13 Å². The van der Waals surface area contributed by atoms with Crippen LogP contribution in [0.5, 0.6) is 5.75 Å². The van der Waals surface area contributed by atoms with Crippen LogP contribution in [-0.2, 0) is 6.42 Å². The highest BCUT2D eigenvalue weighted by Crippen LogP contribution is 2.29. The van der Waals surface area contributed by atoms with Crippen LogP contribution in [0.25, 0.3) is 0 Å². The van der Waals surface area contributed by atoms with E-state index >= 15 is 0 Å². The smallest absolute Gasteiger partial charge is 0.149 e. The number of halogens is 2. The predicted octanol–water partition coefficient (Wildman–Crippen LogP) is 2.55. The van der Waals surface area contributed by atoms with Gasteiger partial charge in [-0.2, -0.15) is 5.26 Å². The molecule has 0 heterocycles. The minimum absolute atomic E-state index is 0.00947. The van der Waals surface area contributed by atoms with E-state index in [0.29, 0.717) is 0 Å². The second kappa shape index (κ2) is 4.11. The minimum Gasteiger partial charge on any atom is -0.495 e. The van der Waals surface area contributed by atoms with Gasteiger partial charge in [0.05, 0.1) is 19.6 Å². The standard InChI is InChI=1S/C9H7ClFNO/c1-13-7-3-2-6(4-5-12)9(11)8(7)10/h2-3H,4H2,1H3. The summed E-state index contributed by atoms with van der Waals surface area (Å²) < 4.78 is 18.1. The Kier molecular flexibility index (Phi) is 3.10. The van der Waals surface area contributed by atoms with Crippen LogP contribution in [0, 0.1) is 17.1 Å². The molecule has 0 saturated carbocycles. The van der Waals surface area contributed by atoms with E-state index in [9.17, 15) is 4.39 Å². The third-order valence-corrected chi connectivity index (χ3v) is 1.97. The Balaban J connectivity index is 3.17. The van der Waals surface area contributed by atoms with Crippen molar-refractivity contribution in [2.75, 3.05) is 7.11 Å². The molecule has 0 radical (unpaired) electrons. The first-order valence-electron chi connectivity index (χ1n) is 3.58. The van der Waals surface area contributed by atoms with Crippen molar-refractivity contribution in [3.05, 3.63) is 28.5 Å². The second-order valence-electron chi connectivity index (χ2n) is 2.39. The summed E-state index contributed by atoms with van der Waals surface area (Å²) in [7, 11) is 1.41. The van der Waals surface area contributed by atoms with E-state index in [0.717, 1.165) is 0 Å². The van der Waals surface area contributed by atoms with Gasteiger partial charge in [0.2, 0.25) is 0 Å². The Morgan fingerprint density at radius 2 is 2.31 bits per heavy atom. The van der Waals surface area contributed by atoms with Crippen molar-refractivity contribution in [1.29, 1.82) is 5.26 Å². The van der Waals surface area contributed by atoms with Crippen LogP contribution in [0.15, 0.2) is 12.1 Å². The maximum absolute atomic E-state index is 13.3. The SMILES string of the molecule is COc1ccc(CC#N)c(F)c1Cl. The molecule has 0 spiro atoms. The molecule has 0 aliphatic heterocycles. The van der Waals surface area contributed by atoms with E-state index in [1.807, 2.05) is 6.07 Å². The average Bonchev–Trinajstić information content (AvgIpc) is 2.14. The molecule has 0 aromatic heterocycles. The molecule has 68 valence electrons. The number of methoxy groups -OCH3 is 1. The summed E-state index contributed by atoms with van der Waals surface area (Å²) in [5.74, 6) is -0.302. The quantitative estimate of drug-likeness (QED) is 0.734. The first-order chi connectivity index (χ1) is 6.20. The summed E-state index contributed by atoms with van der Waals surface area (Å²) in [4.78, 5) is 0. The lowest BCUT2D eigenvalue weighted by molar-refractivity contribution is 0.411. The first-order valence-corrected chi connectivity index (χ1v) is 3.96. The molecule has 4 heteroatoms. The van der Waals surface area contributed by atoms with Crippen molar-refractivity contribution in [3.8, 4) is 11.8 Å². The van der Waals surface area contributed by atoms with Crippen molar-refractivity contribution in [3.63, 3.8) is 0 Å². The van der Waals surface area contributed by atoms with E-state index in [-0.39, 0.29) is 22.8 Å². The van der Waals surface area contributed by atoms with Gasteiger partial charge in [0.15, 0.2) is 0 Å². The fourth-order valence-corrected chi connectivity index (χ4v) is 1.21. The average molecular weight is 200 g/mol. The number of hydrogen-bond donors (Lipinski definition) is 0. The van der Waals surface area contributed by atoms with E-state index < -0.39 is 5.82 Å². The minimum atomic E-state index is -0.581. The molecule has 0 atom stereocenters. The molecule has 1 aromatic rings. The maximum atomic E-state index is 13.3. The van der Waals surface area contributed by atoms with Gasteiger partial charge in [-0.25, -0.2) is 4.39 Å². The largest absolute Gasteiger partial charge is 0.495 e. The van der Waals surface area contributed by atoms with Crippen molar-refractivity contribution in [2.24, 2.45) is 0 Å². The molecule has 0 aliphatic carbocycles. The molecule has 1 aromatic carbocycles. The monoisotopic (exact) mass is 199 g/mol. The molecule has 0 saturated heterocycles. The van der Waals surface area contributed by atoms with Crippen LogP contribution in [0.2, 0.25) is 5.02 Å². The zero-order chi connectivity index (χ0) is 9.84. The molecule has 0 unspecified atom stereocenters. The number of nitriles is 1. The molecule has 0 aliphatic rings. The zero-order valence-corrected chi connectivity index (χ0v) is 7.73. The van der Waals surface area contributed by atoms with Crippen LogP contribution in [0.4, 0.5) is 4.39 Å². The van der Waals surface area contributed by atoms with Crippen LogP contribution in [0.1, 0.15) is 5.56 Å². The summed E-state index contributed by atoms with van der Waals surface area (Å²) in [6.45, 7) is 0. The second-order valence-corrected chi connectivity index (χ2v) is 2.77. The molecule has 0 fully saturated rings. The number of ether oxygens (including phenoxy) is 1. The van der Waals surface area contributed by atoms with Gasteiger partial charge in [-0.3, -0.25) is 0 Å². The summed E-state index contributed by atoms with van der Waals surface area (Å²) in [5.41, 5.74) is 0.285. The van der Waals surface area contributed by atoms with Gasteiger partial charge in [-0.15, -0.1) is 0 Å². The molecule has 0 bridgehead atoms. The lowest BCUT2D eigenvalue weighted by Crippen LogP contribution is -1.93. The Bertz CT molecular complexity index is 359. The number of nitrogens with zero attached hydrogens (tertiary/aromatic N) is 1. The summed E-state index contributed by atoms with van der Waals surface area (Å²) in [5, 5.41) is 8.30. The van der Waals surface area contributed by atoms with Crippen LogP contribution >= 0.6 is 11.6 Å². The van der Waals surface area contributed by atoms with Crippen molar-refractivity contribution in [2.45, 2.75) is 6.42 Å². The summed E-state index contributed by atoms with van der Waals surface area (Å²) >= 11 is 5.62. The highest BCUT2D eigenvalue weighted by Gasteiger charge is 2.11. The molecule has 2 nitrogen and oxygen atoms in total. The van der Waals surface area contributed by atoms with Gasteiger partial charge >= 0.3 is 0 Å². The fraction of sp³-hybridized carbons (Fsp3) is 0.222. The van der Waals surface area contributed by atoms with Crippen LogP contribution in [-0.4, -0.2) is 7.11 Å². The van der Waals surface area contributed by atoms with Crippen molar-refractivity contribution in [1.82, 2.24) is 0 Å². The van der Waals surface area contributed by atoms with E-state index in [1.165, 1.54) is 19.2 Å². The molecular weight excluding hydrogens is 193 g/mol. The Morgan fingerprint density at radius 1 is 1.62 bits per heavy atom. The van der Waals surface area contributed by atoms with Gasteiger partial charge in [0.25, 0.3) is 0 Å². The Morgan fingerprint density at radius 3 is 2.85 bits per heavy atom. The Labute approximate surface area is 80.5 Å². The molecular formula is C9H7ClFNO. The zero-order valence-electron chi connectivity index (χ0n) is 6.97. The van der Waals surface area contributed by atoms with E-state index in [2.05, 4.69) is 0 Å². The number of rotatable bonds is 2. The van der Waals surface area contributed by atoms with Gasteiger partial charge in [0.1, 0.15) is 16.6 Å². The molecule has 13 heavy (non-hydrogen) atoms. The molecule has 0 N–H and O–H groups in total. The lowest BCUT2D eigenvalue weighted by atomic mass is 10.1. The first kappa shape index (κ1) is 9.82. The van der Waals surface area contributed by atoms with Gasteiger partial charge in [-0.1, -0.05) is 17.7 Å². The highest BCUT2D eigenvalue weighted by atomic mass is 35.5. The normalized spacial score (nSPS) is 9.38.